The van der Waals surface area contributed by atoms with Gasteiger partial charge in [-0.15, -0.1) is 0 Å². The van der Waals surface area contributed by atoms with E-state index >= 15 is 0 Å². The van der Waals surface area contributed by atoms with E-state index in [2.05, 4.69) is 6.92 Å². The number of unbranched alkanes of at least 4 members (excludes halogenated alkanes) is 1. The summed E-state index contributed by atoms with van der Waals surface area (Å²) in [6, 6.07) is -0.822. The maximum Gasteiger partial charge on any atom is 0.410 e. The Morgan fingerprint density at radius 2 is 1.21 bits per heavy atom. The monoisotopic (exact) mass is 544 g/mol. The lowest BCUT2D eigenvalue weighted by atomic mass is 10.1. The molecular formula is C28H56N4O6. The second kappa shape index (κ2) is 16.1. The van der Waals surface area contributed by atoms with Crippen molar-refractivity contribution in [2.24, 2.45) is 11.5 Å². The maximum absolute atomic E-state index is 13.0. The third-order valence-electron chi connectivity index (χ3n) is 5.43. The van der Waals surface area contributed by atoms with Gasteiger partial charge in [-0.3, -0.25) is 4.79 Å². The zero-order valence-corrected chi connectivity index (χ0v) is 25.7. The fourth-order valence-electron chi connectivity index (χ4n) is 3.67. The number of carbonyl (C=O) groups is 3. The summed E-state index contributed by atoms with van der Waals surface area (Å²) in [6.07, 6.45) is 3.16. The second-order valence-corrected chi connectivity index (χ2v) is 12.8. The molecule has 0 radical (unpaired) electrons. The topological polar surface area (TPSA) is 137 Å². The molecule has 224 valence electrons. The molecule has 0 aromatic carbocycles. The molecule has 0 aliphatic carbocycles. The number of amides is 2. The highest BCUT2D eigenvalue weighted by molar-refractivity contribution is 5.76. The minimum absolute atomic E-state index is 0.0298. The summed E-state index contributed by atoms with van der Waals surface area (Å²) >= 11 is 0. The molecule has 2 unspecified atom stereocenters. The summed E-state index contributed by atoms with van der Waals surface area (Å²) in [7, 11) is 0. The largest absolute Gasteiger partial charge is 0.459 e. The first-order valence-corrected chi connectivity index (χ1v) is 14.0. The molecule has 0 bridgehead atoms. The van der Waals surface area contributed by atoms with Gasteiger partial charge in [0.05, 0.1) is 0 Å². The van der Waals surface area contributed by atoms with Crippen LogP contribution < -0.4 is 11.5 Å². The van der Waals surface area contributed by atoms with Crippen molar-refractivity contribution in [1.82, 2.24) is 9.80 Å². The average Bonchev–Trinajstić information content (AvgIpc) is 2.73. The van der Waals surface area contributed by atoms with E-state index in [0.29, 0.717) is 32.5 Å². The Balaban J connectivity index is 5.31. The molecule has 10 nitrogen and oxygen atoms in total. The van der Waals surface area contributed by atoms with E-state index in [1.165, 1.54) is 0 Å². The van der Waals surface area contributed by atoms with Crippen LogP contribution in [0.25, 0.3) is 0 Å². The fraction of sp³-hybridized carbons (Fsp3) is 0.893. The highest BCUT2D eigenvalue weighted by Gasteiger charge is 2.28. The molecule has 2 amide bonds. The van der Waals surface area contributed by atoms with Crippen LogP contribution in [0.15, 0.2) is 0 Å². The van der Waals surface area contributed by atoms with Crippen LogP contribution in [0.4, 0.5) is 9.59 Å². The van der Waals surface area contributed by atoms with Crippen LogP contribution in [0.5, 0.6) is 0 Å². The standard InChI is InChI=1S/C28H56N4O6/c1-11-21(15-14-17-29)32(25(35)38-28(8,9)10)19-13-12-18-31(24(34)37-27(5,6)7)20-16-22(30)23(33)36-26(2,3)4/h21-22H,11-20,29-30H2,1-10H3. The van der Waals surface area contributed by atoms with Gasteiger partial charge >= 0.3 is 18.2 Å². The van der Waals surface area contributed by atoms with Gasteiger partial charge in [0.2, 0.25) is 0 Å². The molecule has 0 spiro atoms. The van der Waals surface area contributed by atoms with Gasteiger partial charge in [0.25, 0.3) is 0 Å². The molecule has 4 N–H and O–H groups in total. The minimum atomic E-state index is -0.852. The number of esters is 1. The van der Waals surface area contributed by atoms with E-state index in [9.17, 15) is 14.4 Å². The summed E-state index contributed by atoms with van der Waals surface area (Å²) in [5.41, 5.74) is 9.87. The van der Waals surface area contributed by atoms with Gasteiger partial charge in [-0.2, -0.15) is 0 Å². The van der Waals surface area contributed by atoms with Crippen molar-refractivity contribution < 1.29 is 28.6 Å². The Labute approximate surface area is 231 Å². The van der Waals surface area contributed by atoms with Crippen LogP contribution in [0.2, 0.25) is 0 Å². The van der Waals surface area contributed by atoms with Crippen molar-refractivity contribution in [1.29, 1.82) is 0 Å². The lowest BCUT2D eigenvalue weighted by molar-refractivity contribution is -0.156. The molecule has 0 fully saturated rings. The van der Waals surface area contributed by atoms with E-state index in [4.69, 9.17) is 25.7 Å². The van der Waals surface area contributed by atoms with Crippen LogP contribution in [0.1, 0.15) is 108 Å². The van der Waals surface area contributed by atoms with Crippen molar-refractivity contribution in [2.75, 3.05) is 26.2 Å². The first-order valence-electron chi connectivity index (χ1n) is 14.0. The van der Waals surface area contributed by atoms with Crippen LogP contribution in [0, 0.1) is 0 Å². The number of nitrogens with two attached hydrogens (primary N) is 2. The smallest absolute Gasteiger partial charge is 0.410 e. The third-order valence-corrected chi connectivity index (χ3v) is 5.43. The van der Waals surface area contributed by atoms with Crippen LogP contribution in [-0.2, 0) is 19.0 Å². The number of nitrogens with zero attached hydrogens (tertiary/aromatic N) is 2. The normalized spacial score (nSPS) is 13.9. The quantitative estimate of drug-likeness (QED) is 0.180. The summed E-state index contributed by atoms with van der Waals surface area (Å²) in [6.45, 7) is 20.1. The van der Waals surface area contributed by atoms with Gasteiger partial charge in [-0.25, -0.2) is 9.59 Å². The molecule has 0 saturated heterocycles. The summed E-state index contributed by atoms with van der Waals surface area (Å²) in [4.78, 5) is 41.5. The Morgan fingerprint density at radius 3 is 1.68 bits per heavy atom. The average molecular weight is 545 g/mol. The van der Waals surface area contributed by atoms with E-state index in [0.717, 1.165) is 19.3 Å². The van der Waals surface area contributed by atoms with Gasteiger partial charge in [0, 0.05) is 25.7 Å². The van der Waals surface area contributed by atoms with Gasteiger partial charge in [-0.05, 0) is 107 Å². The molecule has 0 aromatic rings. The number of rotatable bonds is 14. The minimum Gasteiger partial charge on any atom is -0.459 e. The lowest BCUT2D eigenvalue weighted by Crippen LogP contribution is -2.44. The third kappa shape index (κ3) is 16.7. The predicted octanol–water partition coefficient (Wildman–Crippen LogP) is 4.82. The molecule has 0 rings (SSSR count). The fourth-order valence-corrected chi connectivity index (χ4v) is 3.67. The Hall–Kier alpha value is -2.07. The Bertz CT molecular complexity index is 724. The lowest BCUT2D eigenvalue weighted by Gasteiger charge is -2.33. The van der Waals surface area contributed by atoms with Crippen molar-refractivity contribution >= 4 is 18.2 Å². The first-order chi connectivity index (χ1) is 17.3. The van der Waals surface area contributed by atoms with Crippen molar-refractivity contribution in [2.45, 2.75) is 137 Å². The predicted molar refractivity (Wildman–Crippen MR) is 151 cm³/mol. The molecular weight excluding hydrogens is 488 g/mol. The zero-order valence-electron chi connectivity index (χ0n) is 25.7. The van der Waals surface area contributed by atoms with E-state index in [1.54, 1.807) is 51.3 Å². The maximum atomic E-state index is 13.0. The number of hydrogen-bond donors (Lipinski definition) is 2. The number of hydrogen-bond acceptors (Lipinski definition) is 8. The molecule has 2 atom stereocenters. The molecule has 0 aliphatic heterocycles. The van der Waals surface area contributed by atoms with Crippen molar-refractivity contribution in [3.05, 3.63) is 0 Å². The first kappa shape index (κ1) is 35.9. The molecule has 10 heteroatoms. The van der Waals surface area contributed by atoms with Gasteiger partial charge < -0.3 is 35.5 Å². The van der Waals surface area contributed by atoms with Crippen molar-refractivity contribution in [3.8, 4) is 0 Å². The molecule has 0 aliphatic rings. The highest BCUT2D eigenvalue weighted by atomic mass is 16.6. The summed E-state index contributed by atoms with van der Waals surface area (Å²) in [5, 5.41) is 0. The van der Waals surface area contributed by atoms with E-state index in [-0.39, 0.29) is 25.1 Å². The summed E-state index contributed by atoms with van der Waals surface area (Å²) in [5.74, 6) is -0.502. The van der Waals surface area contributed by atoms with Gasteiger partial charge in [0.1, 0.15) is 22.8 Å². The number of carbonyl (C=O) groups excluding carboxylic acids is 3. The number of ether oxygens (including phenoxy) is 3. The van der Waals surface area contributed by atoms with Crippen LogP contribution in [0.3, 0.4) is 0 Å². The molecule has 0 saturated carbocycles. The van der Waals surface area contributed by atoms with Crippen molar-refractivity contribution in [3.63, 3.8) is 0 Å². The van der Waals surface area contributed by atoms with Gasteiger partial charge in [0.15, 0.2) is 0 Å². The SMILES string of the molecule is CCC(CCCN)N(CCCCN(CCC(N)C(=O)OC(C)(C)C)C(=O)OC(C)(C)C)C(=O)OC(C)(C)C. The molecule has 38 heavy (non-hydrogen) atoms. The Morgan fingerprint density at radius 1 is 0.711 bits per heavy atom. The molecule has 0 heterocycles. The second-order valence-electron chi connectivity index (χ2n) is 12.8. The zero-order chi connectivity index (χ0) is 29.7. The highest BCUT2D eigenvalue weighted by Crippen LogP contribution is 2.18. The van der Waals surface area contributed by atoms with E-state index in [1.807, 2.05) is 20.8 Å². The summed E-state index contributed by atoms with van der Waals surface area (Å²) < 4.78 is 16.6. The van der Waals surface area contributed by atoms with E-state index < -0.39 is 34.9 Å². The molecule has 0 aromatic heterocycles. The Kier molecular flexibility index (Phi) is 15.3. The van der Waals surface area contributed by atoms with Crippen LogP contribution >= 0.6 is 0 Å². The van der Waals surface area contributed by atoms with Crippen LogP contribution in [-0.4, -0.2) is 83.0 Å². The van der Waals surface area contributed by atoms with Gasteiger partial charge in [-0.1, -0.05) is 6.92 Å².